The van der Waals surface area contributed by atoms with Gasteiger partial charge in [-0.3, -0.25) is 14.6 Å². The molecule has 1 aromatic rings. The second kappa shape index (κ2) is 5.79. The molecule has 2 aliphatic rings. The minimum atomic E-state index is -1.55. The maximum absolute atomic E-state index is 13.0. The maximum atomic E-state index is 13.0. The van der Waals surface area contributed by atoms with Gasteiger partial charge in [0.1, 0.15) is 0 Å². The number of urea groups is 1. The van der Waals surface area contributed by atoms with E-state index in [-0.39, 0.29) is 19.7 Å². The molecule has 0 radical (unpaired) electrons. The molecule has 122 valence electrons. The van der Waals surface area contributed by atoms with E-state index in [1.807, 2.05) is 30.3 Å². The van der Waals surface area contributed by atoms with Crippen molar-refractivity contribution in [2.24, 2.45) is 0 Å². The first kappa shape index (κ1) is 15.7. The van der Waals surface area contributed by atoms with Gasteiger partial charge in [0.05, 0.1) is 6.61 Å². The van der Waals surface area contributed by atoms with E-state index in [1.54, 1.807) is 19.9 Å². The monoisotopic (exact) mass is 316 g/mol. The zero-order valence-electron chi connectivity index (χ0n) is 13.2. The van der Waals surface area contributed by atoms with E-state index in [0.29, 0.717) is 5.57 Å². The Morgan fingerprint density at radius 1 is 1.22 bits per heavy atom. The van der Waals surface area contributed by atoms with Crippen LogP contribution in [0.15, 0.2) is 36.4 Å². The number of hydrogen-bond acceptors (Lipinski definition) is 4. The molecule has 0 aliphatic carbocycles. The average Bonchev–Trinajstić information content (AvgIpc) is 3.01. The third-order valence-corrected chi connectivity index (χ3v) is 4.44. The summed E-state index contributed by atoms with van der Waals surface area (Å²) in [6, 6.07) is 8.85. The zero-order valence-corrected chi connectivity index (χ0v) is 13.2. The summed E-state index contributed by atoms with van der Waals surface area (Å²) in [4.78, 5) is 27.8. The van der Waals surface area contributed by atoms with E-state index in [0.717, 1.165) is 10.5 Å². The Labute approximate surface area is 134 Å². The van der Waals surface area contributed by atoms with Crippen LogP contribution in [0.1, 0.15) is 19.4 Å². The molecule has 1 N–H and O–H groups in total. The SMILES string of the molecule is CCN1C(=O)N(CC)C(O)C2(OCC=C2c2ccccc2)C1=O. The molecule has 6 heteroatoms. The molecule has 23 heavy (non-hydrogen) atoms. The quantitative estimate of drug-likeness (QED) is 0.916. The van der Waals surface area contributed by atoms with Gasteiger partial charge < -0.3 is 9.84 Å². The molecule has 6 nitrogen and oxygen atoms in total. The van der Waals surface area contributed by atoms with Crippen molar-refractivity contribution in [2.45, 2.75) is 25.7 Å². The lowest BCUT2D eigenvalue weighted by Crippen LogP contribution is -2.71. The summed E-state index contributed by atoms with van der Waals surface area (Å²) in [5.74, 6) is -0.505. The summed E-state index contributed by atoms with van der Waals surface area (Å²) in [6.45, 7) is 4.23. The normalized spacial score (nSPS) is 27.8. The summed E-state index contributed by atoms with van der Waals surface area (Å²) in [7, 11) is 0. The lowest BCUT2D eigenvalue weighted by Gasteiger charge is -2.47. The predicted molar refractivity (Wildman–Crippen MR) is 84.3 cm³/mol. The second-order valence-electron chi connectivity index (χ2n) is 5.52. The number of likely N-dealkylation sites (N-methyl/N-ethyl adjacent to an activating group) is 2. The summed E-state index contributed by atoms with van der Waals surface area (Å²) in [6.07, 6.45) is 0.456. The molecule has 1 saturated heterocycles. The lowest BCUT2D eigenvalue weighted by atomic mass is 9.84. The van der Waals surface area contributed by atoms with Crippen molar-refractivity contribution in [1.82, 2.24) is 9.80 Å². The van der Waals surface area contributed by atoms with Crippen LogP contribution in [-0.4, -0.2) is 58.4 Å². The highest BCUT2D eigenvalue weighted by Gasteiger charge is 2.61. The average molecular weight is 316 g/mol. The third-order valence-electron chi connectivity index (χ3n) is 4.44. The summed E-state index contributed by atoms with van der Waals surface area (Å²) < 4.78 is 5.76. The number of imide groups is 1. The molecule has 0 saturated carbocycles. The molecule has 1 fully saturated rings. The van der Waals surface area contributed by atoms with Crippen LogP contribution in [0.5, 0.6) is 0 Å². The first-order chi connectivity index (χ1) is 11.1. The van der Waals surface area contributed by atoms with E-state index in [4.69, 9.17) is 4.74 Å². The van der Waals surface area contributed by atoms with Gasteiger partial charge in [-0.25, -0.2) is 4.79 Å². The number of carbonyl (C=O) groups is 2. The van der Waals surface area contributed by atoms with Crippen molar-refractivity contribution in [3.05, 3.63) is 42.0 Å². The molecule has 1 aromatic carbocycles. The van der Waals surface area contributed by atoms with Crippen LogP contribution in [0.3, 0.4) is 0 Å². The fourth-order valence-electron chi connectivity index (χ4n) is 3.29. The molecule has 0 bridgehead atoms. The van der Waals surface area contributed by atoms with Crippen LogP contribution in [0.25, 0.3) is 5.57 Å². The fraction of sp³-hybridized carbons (Fsp3) is 0.412. The van der Waals surface area contributed by atoms with E-state index >= 15 is 0 Å². The summed E-state index contributed by atoms with van der Waals surface area (Å²) in [5, 5.41) is 10.8. The van der Waals surface area contributed by atoms with Gasteiger partial charge in [-0.2, -0.15) is 0 Å². The van der Waals surface area contributed by atoms with Crippen molar-refractivity contribution in [2.75, 3.05) is 19.7 Å². The molecule has 2 heterocycles. The van der Waals surface area contributed by atoms with Crippen molar-refractivity contribution < 1.29 is 19.4 Å². The number of nitrogens with zero attached hydrogens (tertiary/aromatic N) is 2. The molecule has 2 aliphatic heterocycles. The van der Waals surface area contributed by atoms with Crippen LogP contribution in [0, 0.1) is 0 Å². The van der Waals surface area contributed by atoms with Crippen molar-refractivity contribution in [3.63, 3.8) is 0 Å². The molecular formula is C17H20N2O4. The Morgan fingerprint density at radius 3 is 2.52 bits per heavy atom. The van der Waals surface area contributed by atoms with Crippen molar-refractivity contribution in [1.29, 1.82) is 0 Å². The van der Waals surface area contributed by atoms with E-state index < -0.39 is 23.8 Å². The minimum Gasteiger partial charge on any atom is -0.370 e. The van der Waals surface area contributed by atoms with Gasteiger partial charge in [-0.15, -0.1) is 0 Å². The highest BCUT2D eigenvalue weighted by atomic mass is 16.5. The lowest BCUT2D eigenvalue weighted by molar-refractivity contribution is -0.179. The summed E-state index contributed by atoms with van der Waals surface area (Å²) in [5.41, 5.74) is -0.139. The molecular weight excluding hydrogens is 296 g/mol. The maximum Gasteiger partial charge on any atom is 0.328 e. The van der Waals surface area contributed by atoms with Crippen molar-refractivity contribution in [3.8, 4) is 0 Å². The van der Waals surface area contributed by atoms with Gasteiger partial charge in [0.15, 0.2) is 6.23 Å². The molecule has 2 atom stereocenters. The Kier molecular flexibility index (Phi) is 3.95. The molecule has 2 unspecified atom stereocenters. The van der Waals surface area contributed by atoms with Crippen LogP contribution in [0.4, 0.5) is 4.79 Å². The second-order valence-corrected chi connectivity index (χ2v) is 5.52. The van der Waals surface area contributed by atoms with Gasteiger partial charge >= 0.3 is 6.03 Å². The van der Waals surface area contributed by atoms with Gasteiger partial charge in [-0.05, 0) is 19.4 Å². The number of benzene rings is 1. The van der Waals surface area contributed by atoms with Gasteiger partial charge in [0.2, 0.25) is 5.60 Å². The van der Waals surface area contributed by atoms with Gasteiger partial charge in [-0.1, -0.05) is 36.4 Å². The Bertz CT molecular complexity index is 658. The highest BCUT2D eigenvalue weighted by Crippen LogP contribution is 2.43. The smallest absolute Gasteiger partial charge is 0.328 e. The Morgan fingerprint density at radius 2 is 1.91 bits per heavy atom. The van der Waals surface area contributed by atoms with E-state index in [9.17, 15) is 14.7 Å². The van der Waals surface area contributed by atoms with E-state index in [1.165, 1.54) is 4.90 Å². The van der Waals surface area contributed by atoms with Gasteiger partial charge in [0, 0.05) is 18.7 Å². The number of hydrogen-bond donors (Lipinski definition) is 1. The van der Waals surface area contributed by atoms with Crippen LogP contribution in [-0.2, 0) is 9.53 Å². The molecule has 3 rings (SSSR count). The topological polar surface area (TPSA) is 70.1 Å². The highest BCUT2D eigenvalue weighted by molar-refractivity contribution is 6.10. The number of ether oxygens (including phenoxy) is 1. The number of aliphatic hydroxyl groups is 1. The zero-order chi connectivity index (χ0) is 16.6. The number of rotatable bonds is 3. The molecule has 3 amide bonds. The number of aliphatic hydroxyl groups excluding tert-OH is 1. The third kappa shape index (κ3) is 2.09. The van der Waals surface area contributed by atoms with Crippen LogP contribution < -0.4 is 0 Å². The summed E-state index contributed by atoms with van der Waals surface area (Å²) >= 11 is 0. The van der Waals surface area contributed by atoms with Crippen LogP contribution >= 0.6 is 0 Å². The molecule has 0 aromatic heterocycles. The fourth-order valence-corrected chi connectivity index (χ4v) is 3.29. The Balaban J connectivity index is 2.13. The largest absolute Gasteiger partial charge is 0.370 e. The number of carbonyl (C=O) groups excluding carboxylic acids is 2. The van der Waals surface area contributed by atoms with E-state index in [2.05, 4.69) is 0 Å². The van der Waals surface area contributed by atoms with Crippen molar-refractivity contribution >= 4 is 17.5 Å². The minimum absolute atomic E-state index is 0.219. The first-order valence-electron chi connectivity index (χ1n) is 7.78. The first-order valence-corrected chi connectivity index (χ1v) is 7.78. The van der Waals surface area contributed by atoms with Crippen LogP contribution in [0.2, 0.25) is 0 Å². The standard InChI is InChI=1S/C17H20N2O4/c1-3-18-14(20)17(15(21)19(4-2)16(18)22)13(10-11-23-17)12-8-6-5-7-9-12/h5-10,14,20H,3-4,11H2,1-2H3. The number of amides is 3. The Hall–Kier alpha value is -2.18. The predicted octanol–water partition coefficient (Wildman–Crippen LogP) is 1.46. The molecule has 1 spiro atoms. The van der Waals surface area contributed by atoms with Gasteiger partial charge in [0.25, 0.3) is 5.91 Å².